The Balaban J connectivity index is 1.99. The number of rotatable bonds is 5. The fourth-order valence-electron chi connectivity index (χ4n) is 2.87. The van der Waals surface area contributed by atoms with Gasteiger partial charge in [0.2, 0.25) is 0 Å². The monoisotopic (exact) mass is 431 g/mol. The minimum absolute atomic E-state index is 0.102. The van der Waals surface area contributed by atoms with Gasteiger partial charge in [-0.1, -0.05) is 47.8 Å². The maximum atomic E-state index is 11.1. The van der Waals surface area contributed by atoms with Gasteiger partial charge in [0.05, 0.1) is 39.4 Å². The van der Waals surface area contributed by atoms with E-state index in [0.717, 1.165) is 6.42 Å². The maximum absolute atomic E-state index is 11.1. The number of ether oxygens (including phenoxy) is 2. The van der Waals surface area contributed by atoms with Crippen molar-refractivity contribution < 1.29 is 14.6 Å². The van der Waals surface area contributed by atoms with Crippen LogP contribution in [0.5, 0.6) is 0 Å². The third-order valence-corrected chi connectivity index (χ3v) is 5.86. The van der Waals surface area contributed by atoms with Crippen LogP contribution in [-0.4, -0.2) is 39.4 Å². The quantitative estimate of drug-likeness (QED) is 0.532. The van der Waals surface area contributed by atoms with Crippen LogP contribution < -0.4 is 0 Å². The Kier molecular flexibility index (Phi) is 6.33. The van der Waals surface area contributed by atoms with E-state index in [1.807, 2.05) is 13.8 Å². The van der Waals surface area contributed by atoms with Crippen molar-refractivity contribution in [3.63, 3.8) is 0 Å². The molecule has 1 aromatic carbocycles. The lowest BCUT2D eigenvalue weighted by atomic mass is 9.87. The van der Waals surface area contributed by atoms with E-state index < -0.39 is 5.41 Å². The molecular weight excluding hydrogens is 413 g/mol. The van der Waals surface area contributed by atoms with Crippen LogP contribution in [0.25, 0.3) is 5.70 Å². The van der Waals surface area contributed by atoms with Crippen molar-refractivity contribution in [1.82, 2.24) is 14.8 Å². The second-order valence-electron chi connectivity index (χ2n) is 6.67. The highest BCUT2D eigenvalue weighted by Crippen LogP contribution is 2.38. The van der Waals surface area contributed by atoms with Crippen molar-refractivity contribution >= 4 is 40.5 Å². The Labute approximate surface area is 172 Å². The molecule has 9 heteroatoms. The van der Waals surface area contributed by atoms with Crippen LogP contribution in [0.2, 0.25) is 15.1 Å². The summed E-state index contributed by atoms with van der Waals surface area (Å²) in [7, 11) is 0. The topological polar surface area (TPSA) is 69.4 Å². The summed E-state index contributed by atoms with van der Waals surface area (Å²) < 4.78 is 12.9. The smallest absolute Gasteiger partial charge is 0.157 e. The van der Waals surface area contributed by atoms with Gasteiger partial charge in [-0.25, -0.2) is 9.67 Å². The third-order valence-electron chi connectivity index (χ3n) is 4.52. The second-order valence-corrected chi connectivity index (χ2v) is 7.83. The predicted molar refractivity (Wildman–Crippen MR) is 105 cm³/mol. The van der Waals surface area contributed by atoms with E-state index in [-0.39, 0.29) is 23.5 Å². The van der Waals surface area contributed by atoms with E-state index in [1.54, 1.807) is 12.1 Å². The van der Waals surface area contributed by atoms with Gasteiger partial charge in [0.15, 0.2) is 6.29 Å². The Morgan fingerprint density at radius 3 is 2.56 bits per heavy atom. The van der Waals surface area contributed by atoms with Crippen LogP contribution in [0, 0.1) is 5.41 Å². The Morgan fingerprint density at radius 2 is 1.96 bits per heavy atom. The van der Waals surface area contributed by atoms with Gasteiger partial charge < -0.3 is 14.6 Å². The molecule has 0 spiro atoms. The van der Waals surface area contributed by atoms with Gasteiger partial charge in [-0.2, -0.15) is 5.10 Å². The van der Waals surface area contributed by atoms with Gasteiger partial charge in [0.1, 0.15) is 18.4 Å². The van der Waals surface area contributed by atoms with Crippen LogP contribution in [0.4, 0.5) is 0 Å². The average molecular weight is 433 g/mol. The molecule has 1 fully saturated rings. The number of benzene rings is 1. The summed E-state index contributed by atoms with van der Waals surface area (Å²) in [4.78, 5) is 3.98. The first-order valence-corrected chi connectivity index (χ1v) is 9.62. The molecule has 0 bridgehead atoms. The highest BCUT2D eigenvalue weighted by molar-refractivity contribution is 6.48. The van der Waals surface area contributed by atoms with Gasteiger partial charge in [-0.05, 0) is 25.0 Å². The van der Waals surface area contributed by atoms with Crippen LogP contribution in [0.1, 0.15) is 25.8 Å². The summed E-state index contributed by atoms with van der Waals surface area (Å²) in [5.74, 6) is 0.102. The van der Waals surface area contributed by atoms with Gasteiger partial charge >= 0.3 is 0 Å². The minimum Gasteiger partial charge on any atom is -0.510 e. The van der Waals surface area contributed by atoms with Crippen molar-refractivity contribution in [3.8, 4) is 0 Å². The van der Waals surface area contributed by atoms with Crippen LogP contribution in [0.3, 0.4) is 0 Å². The molecule has 1 aromatic heterocycles. The normalized spacial score (nSPS) is 24.0. The van der Waals surface area contributed by atoms with Crippen molar-refractivity contribution in [2.75, 3.05) is 13.2 Å². The van der Waals surface area contributed by atoms with Crippen molar-refractivity contribution in [2.24, 2.45) is 5.41 Å². The molecule has 0 amide bonds. The molecule has 3 rings (SSSR count). The number of nitrogens with zero attached hydrogens (tertiary/aromatic N) is 3. The zero-order valence-electron chi connectivity index (χ0n) is 15.0. The van der Waals surface area contributed by atoms with Gasteiger partial charge in [-0.15, -0.1) is 0 Å². The highest BCUT2D eigenvalue weighted by atomic mass is 35.5. The Hall–Kier alpha value is -1.31. The number of hydrogen-bond acceptors (Lipinski definition) is 5. The predicted octanol–water partition coefficient (Wildman–Crippen LogP) is 5.00. The van der Waals surface area contributed by atoms with E-state index in [4.69, 9.17) is 44.3 Å². The van der Waals surface area contributed by atoms with E-state index in [1.165, 1.54) is 17.3 Å². The van der Waals surface area contributed by atoms with Crippen molar-refractivity contribution in [2.45, 2.75) is 33.0 Å². The van der Waals surface area contributed by atoms with E-state index in [0.29, 0.717) is 34.5 Å². The van der Waals surface area contributed by atoms with Crippen molar-refractivity contribution in [1.29, 1.82) is 0 Å². The van der Waals surface area contributed by atoms with Crippen LogP contribution >= 0.6 is 34.8 Å². The molecule has 0 aliphatic carbocycles. The van der Waals surface area contributed by atoms with Gasteiger partial charge in [-0.3, -0.25) is 0 Å². The van der Waals surface area contributed by atoms with Crippen LogP contribution in [-0.2, 0) is 15.9 Å². The summed E-state index contributed by atoms with van der Waals surface area (Å²) >= 11 is 18.5. The molecule has 1 aliphatic rings. The Morgan fingerprint density at radius 1 is 1.26 bits per heavy atom. The Bertz CT molecular complexity index is 832. The number of allylic oxidation sites excluding steroid dienone is 1. The first kappa shape index (κ1) is 20.4. The minimum atomic E-state index is -0.727. The molecule has 146 valence electrons. The third kappa shape index (κ3) is 4.25. The molecule has 6 nitrogen and oxygen atoms in total. The molecule has 1 aliphatic heterocycles. The lowest BCUT2D eigenvalue weighted by Gasteiger charge is -2.37. The number of hydrogen-bond donors (Lipinski definition) is 1. The first-order chi connectivity index (χ1) is 12.9. The molecule has 2 heterocycles. The second kappa shape index (κ2) is 8.37. The molecule has 1 saturated heterocycles. The fourth-order valence-corrected chi connectivity index (χ4v) is 3.49. The van der Waals surface area contributed by atoms with Gasteiger partial charge in [0, 0.05) is 6.42 Å². The standard InChI is InChI=1S/C18H20Cl3N3O3/c1-3-14-26-7-18(2,8-27-14)17(25)13(24-10-22-9-23-24)6-11-4-5-12(19)16(21)15(11)20/h4-5,9-10,14,25H,3,6-8H2,1-2H3. The van der Waals surface area contributed by atoms with Crippen LogP contribution in [0.15, 0.2) is 30.5 Å². The largest absolute Gasteiger partial charge is 0.510 e. The highest BCUT2D eigenvalue weighted by Gasteiger charge is 2.38. The summed E-state index contributed by atoms with van der Waals surface area (Å²) in [5.41, 5.74) is 0.489. The lowest BCUT2D eigenvalue weighted by Crippen LogP contribution is -2.41. The molecule has 1 N–H and O–H groups in total. The van der Waals surface area contributed by atoms with Crippen molar-refractivity contribution in [3.05, 3.63) is 51.2 Å². The van der Waals surface area contributed by atoms with E-state index in [9.17, 15) is 5.11 Å². The lowest BCUT2D eigenvalue weighted by molar-refractivity contribution is -0.222. The SMILES string of the molecule is CCC1OCC(C)(C(O)=C(Cc2ccc(Cl)c(Cl)c2Cl)n2cncn2)CO1. The fraction of sp³-hybridized carbons (Fsp3) is 0.444. The molecule has 0 unspecified atom stereocenters. The summed E-state index contributed by atoms with van der Waals surface area (Å²) in [6.07, 6.45) is 3.67. The molecule has 27 heavy (non-hydrogen) atoms. The molecule has 0 radical (unpaired) electrons. The summed E-state index contributed by atoms with van der Waals surface area (Å²) in [6.45, 7) is 4.51. The van der Waals surface area contributed by atoms with Gasteiger partial charge in [0.25, 0.3) is 0 Å². The average Bonchev–Trinajstić information content (AvgIpc) is 3.20. The number of halogens is 3. The zero-order chi connectivity index (χ0) is 19.6. The molecule has 0 atom stereocenters. The molecular formula is C18H20Cl3N3O3. The number of aliphatic hydroxyl groups is 1. The molecule has 0 saturated carbocycles. The number of aromatic nitrogens is 3. The molecule has 2 aromatic rings. The maximum Gasteiger partial charge on any atom is 0.157 e. The van der Waals surface area contributed by atoms with E-state index in [2.05, 4.69) is 10.1 Å². The zero-order valence-corrected chi connectivity index (χ0v) is 17.2. The van der Waals surface area contributed by atoms with E-state index >= 15 is 0 Å². The number of aliphatic hydroxyl groups excluding tert-OH is 1. The summed E-state index contributed by atoms with van der Waals surface area (Å²) in [5, 5.41) is 16.3. The first-order valence-electron chi connectivity index (χ1n) is 8.49. The summed E-state index contributed by atoms with van der Waals surface area (Å²) in [6, 6.07) is 3.44.